The lowest BCUT2D eigenvalue weighted by Crippen LogP contribution is -2.36. The van der Waals surface area contributed by atoms with Gasteiger partial charge in [-0.3, -0.25) is 28.3 Å². The number of benzene rings is 4. The number of anilines is 2. The molecule has 0 saturated heterocycles. The van der Waals surface area contributed by atoms with E-state index in [1.165, 1.54) is 24.1 Å². The minimum absolute atomic E-state index is 0.0669. The predicted molar refractivity (Wildman–Crippen MR) is 233 cm³/mol. The zero-order chi connectivity index (χ0) is 47.0. The van der Waals surface area contributed by atoms with Crippen LogP contribution in [-0.4, -0.2) is 57.6 Å². The molecule has 0 aliphatic heterocycles. The second kappa shape index (κ2) is 19.8. The van der Waals surface area contributed by atoms with Crippen LogP contribution in [-0.2, 0) is 20.5 Å². The van der Waals surface area contributed by atoms with Crippen molar-refractivity contribution in [3.63, 3.8) is 0 Å². The van der Waals surface area contributed by atoms with Crippen LogP contribution in [0.2, 0.25) is 0 Å². The average molecular weight is 901 g/mol. The standard InChI is InChI=1S/C24H19F3N4O4.C23H20N4O4/c1-31-21(30-19(20(32)23(31)34)22(33)29-16-12-28-35-13-16)18(24(25,26)27)17(14-8-4-2-5-9-14)15-10-6-3-7-11-15;1-27-19(12-18(15-8-4-2-5-9-15)16-10-6-3-7-11-16)26-20(21(28)23(27)30)22(29)25-17-13-24-31-14-17/h2-13,17-18,32H,1H3,(H,29,33);2-11,13-14,18,28H,12H2,1H3,(H,25,29). The van der Waals surface area contributed by atoms with Crippen LogP contribution in [0.4, 0.5) is 24.5 Å². The lowest BCUT2D eigenvalue weighted by molar-refractivity contribution is -0.156. The number of hydrogen-bond donors (Lipinski definition) is 4. The van der Waals surface area contributed by atoms with E-state index < -0.39 is 64.0 Å². The third kappa shape index (κ3) is 10.1. The molecule has 336 valence electrons. The Morgan fingerprint density at radius 3 is 1.41 bits per heavy atom. The lowest BCUT2D eigenvalue weighted by atomic mass is 9.79. The normalized spacial score (nSPS) is 11.7. The van der Waals surface area contributed by atoms with E-state index in [9.17, 15) is 42.6 Å². The zero-order valence-electron chi connectivity index (χ0n) is 35.0. The Morgan fingerprint density at radius 1 is 0.621 bits per heavy atom. The summed E-state index contributed by atoms with van der Waals surface area (Å²) in [5.41, 5.74) is 0.0327. The highest BCUT2D eigenvalue weighted by Crippen LogP contribution is 2.47. The molecule has 1 atom stereocenters. The van der Waals surface area contributed by atoms with Gasteiger partial charge in [0.25, 0.3) is 22.9 Å². The number of amides is 2. The summed E-state index contributed by atoms with van der Waals surface area (Å²) in [5, 5.41) is 32.2. The second-order valence-corrected chi connectivity index (χ2v) is 14.8. The number of nitrogens with one attached hydrogen (secondary N) is 2. The van der Waals surface area contributed by atoms with Crippen molar-refractivity contribution in [3.05, 3.63) is 212 Å². The number of rotatable bonds is 12. The molecule has 0 fully saturated rings. The van der Waals surface area contributed by atoms with Crippen LogP contribution >= 0.6 is 0 Å². The number of carbonyl (C=O) groups excluding carboxylic acids is 2. The first-order valence-corrected chi connectivity index (χ1v) is 20.0. The molecule has 1 unspecified atom stereocenters. The Morgan fingerprint density at radius 2 is 1.02 bits per heavy atom. The van der Waals surface area contributed by atoms with Gasteiger partial charge < -0.3 is 29.9 Å². The van der Waals surface area contributed by atoms with Crippen LogP contribution < -0.4 is 21.8 Å². The summed E-state index contributed by atoms with van der Waals surface area (Å²) in [6.07, 6.45) is 0.211. The fourth-order valence-corrected chi connectivity index (χ4v) is 7.30. The fourth-order valence-electron chi connectivity index (χ4n) is 7.30. The first-order valence-electron chi connectivity index (χ1n) is 20.0. The van der Waals surface area contributed by atoms with Crippen molar-refractivity contribution in [2.75, 3.05) is 10.6 Å². The molecule has 0 spiro atoms. The maximum atomic E-state index is 14.7. The maximum Gasteiger partial charge on any atom is 0.399 e. The van der Waals surface area contributed by atoms with Gasteiger partial charge in [0, 0.05) is 32.4 Å². The molecule has 8 aromatic rings. The summed E-state index contributed by atoms with van der Waals surface area (Å²) >= 11 is 0. The summed E-state index contributed by atoms with van der Waals surface area (Å²) in [5.74, 6) is -7.69. The van der Waals surface area contributed by atoms with Gasteiger partial charge in [0.2, 0.25) is 11.5 Å². The number of halogens is 3. The molecule has 4 aromatic carbocycles. The van der Waals surface area contributed by atoms with Crippen molar-refractivity contribution in [3.8, 4) is 11.5 Å². The topological polar surface area (TPSA) is 220 Å². The minimum Gasteiger partial charge on any atom is -0.501 e. The smallest absolute Gasteiger partial charge is 0.399 e. The molecular weight excluding hydrogens is 862 g/mol. The van der Waals surface area contributed by atoms with E-state index >= 15 is 0 Å². The van der Waals surface area contributed by atoms with E-state index in [0.29, 0.717) is 33.6 Å². The third-order valence-corrected chi connectivity index (χ3v) is 10.5. The molecule has 66 heavy (non-hydrogen) atoms. The van der Waals surface area contributed by atoms with E-state index in [1.54, 1.807) is 60.7 Å². The van der Waals surface area contributed by atoms with E-state index in [-0.39, 0.29) is 17.3 Å². The van der Waals surface area contributed by atoms with Gasteiger partial charge in [0.15, 0.2) is 11.4 Å². The quantitative estimate of drug-likeness (QED) is 0.0949. The molecule has 16 nitrogen and oxygen atoms in total. The van der Waals surface area contributed by atoms with Gasteiger partial charge in [0.05, 0.1) is 12.4 Å². The number of aromatic hydroxyl groups is 2. The van der Waals surface area contributed by atoms with Crippen LogP contribution in [0.3, 0.4) is 0 Å². The highest BCUT2D eigenvalue weighted by atomic mass is 19.4. The van der Waals surface area contributed by atoms with Crippen molar-refractivity contribution in [1.29, 1.82) is 0 Å². The Bertz CT molecular complexity index is 2940. The maximum absolute atomic E-state index is 14.7. The summed E-state index contributed by atoms with van der Waals surface area (Å²) in [6.45, 7) is 0. The molecule has 2 amide bonds. The average Bonchev–Trinajstić information content (AvgIpc) is 4.05. The molecule has 0 radical (unpaired) electrons. The molecule has 19 heteroatoms. The Kier molecular flexibility index (Phi) is 13.6. The number of carbonyl (C=O) groups is 2. The summed E-state index contributed by atoms with van der Waals surface area (Å²) < 4.78 is 55.4. The van der Waals surface area contributed by atoms with Gasteiger partial charge in [-0.1, -0.05) is 132 Å². The molecule has 0 saturated carbocycles. The Hall–Kier alpha value is -8.61. The van der Waals surface area contributed by atoms with Crippen molar-refractivity contribution in [1.82, 2.24) is 29.4 Å². The van der Waals surface area contributed by atoms with Crippen molar-refractivity contribution in [2.24, 2.45) is 14.1 Å². The highest BCUT2D eigenvalue weighted by molar-refractivity contribution is 6.05. The summed E-state index contributed by atoms with van der Waals surface area (Å²) in [6, 6.07) is 35.7. The van der Waals surface area contributed by atoms with Crippen LogP contribution in [0.15, 0.2) is 165 Å². The minimum atomic E-state index is -4.88. The van der Waals surface area contributed by atoms with E-state index in [1.807, 2.05) is 60.7 Å². The SMILES string of the molecule is Cn1c(C(C(c2ccccc2)c2ccccc2)C(F)(F)F)nc(C(=O)Nc2cnoc2)c(O)c1=O.Cn1c(CC(c2ccccc2)c2ccccc2)nc(C(=O)Nc2cnoc2)c(O)c1=O. The number of hydrogen-bond acceptors (Lipinski definition) is 12. The largest absolute Gasteiger partial charge is 0.501 e. The van der Waals surface area contributed by atoms with E-state index in [2.05, 4.69) is 40.0 Å². The van der Waals surface area contributed by atoms with Crippen LogP contribution in [0.1, 0.15) is 72.6 Å². The van der Waals surface area contributed by atoms with Gasteiger partial charge >= 0.3 is 6.18 Å². The number of aromatic nitrogens is 6. The third-order valence-electron chi connectivity index (χ3n) is 10.5. The molecular formula is C47H39F3N8O8. The number of alkyl halides is 3. The lowest BCUT2D eigenvalue weighted by Gasteiger charge is -2.30. The molecule has 8 rings (SSSR count). The molecule has 0 aliphatic carbocycles. The Labute approximate surface area is 372 Å². The summed E-state index contributed by atoms with van der Waals surface area (Å²) in [7, 11) is 2.59. The molecule has 4 heterocycles. The van der Waals surface area contributed by atoms with Crippen molar-refractivity contribution < 1.29 is 42.0 Å². The van der Waals surface area contributed by atoms with Crippen molar-refractivity contribution >= 4 is 23.2 Å². The monoisotopic (exact) mass is 900 g/mol. The van der Waals surface area contributed by atoms with E-state index in [0.717, 1.165) is 30.6 Å². The van der Waals surface area contributed by atoms with Crippen LogP contribution in [0, 0.1) is 0 Å². The fraction of sp³-hybridized carbons (Fsp3) is 0.149. The molecule has 4 N–H and O–H groups in total. The molecule has 4 aromatic heterocycles. The number of nitrogens with zero attached hydrogens (tertiary/aromatic N) is 6. The van der Waals surface area contributed by atoms with Gasteiger partial charge in [-0.2, -0.15) is 13.2 Å². The molecule has 0 aliphatic rings. The first kappa shape index (κ1) is 45.4. The van der Waals surface area contributed by atoms with Crippen molar-refractivity contribution in [2.45, 2.75) is 30.4 Å². The van der Waals surface area contributed by atoms with Gasteiger partial charge in [-0.25, -0.2) is 9.97 Å². The van der Waals surface area contributed by atoms with Gasteiger partial charge in [-0.15, -0.1) is 0 Å². The van der Waals surface area contributed by atoms with Gasteiger partial charge in [-0.05, 0) is 22.3 Å². The summed E-state index contributed by atoms with van der Waals surface area (Å²) in [4.78, 5) is 58.9. The van der Waals surface area contributed by atoms with E-state index in [4.69, 9.17) is 0 Å². The van der Waals surface area contributed by atoms with Crippen LogP contribution in [0.5, 0.6) is 11.5 Å². The second-order valence-electron chi connectivity index (χ2n) is 14.8. The van der Waals surface area contributed by atoms with Crippen LogP contribution in [0.25, 0.3) is 0 Å². The zero-order valence-corrected chi connectivity index (χ0v) is 35.0. The molecule has 0 bridgehead atoms. The first-order chi connectivity index (χ1) is 31.7. The predicted octanol–water partition coefficient (Wildman–Crippen LogP) is 7.31. The Balaban J connectivity index is 0.000000198. The van der Waals surface area contributed by atoms with Gasteiger partial charge in [0.1, 0.15) is 41.5 Å². The highest BCUT2D eigenvalue weighted by Gasteiger charge is 2.49.